The zero-order chi connectivity index (χ0) is 16.0. The van der Waals surface area contributed by atoms with E-state index in [0.717, 1.165) is 6.42 Å². The molecule has 0 aromatic rings. The Balaban J connectivity index is 2.81. The van der Waals surface area contributed by atoms with Crippen molar-refractivity contribution in [2.75, 3.05) is 0 Å². The van der Waals surface area contributed by atoms with Crippen LogP contribution in [0.4, 0.5) is 0 Å². The highest BCUT2D eigenvalue weighted by Crippen LogP contribution is 2.35. The van der Waals surface area contributed by atoms with Crippen molar-refractivity contribution in [1.29, 1.82) is 0 Å². The second kappa shape index (κ2) is 7.21. The van der Waals surface area contributed by atoms with Crippen molar-refractivity contribution in [1.82, 2.24) is 0 Å². The topological polar surface area (TPSA) is 49.7 Å². The van der Waals surface area contributed by atoms with E-state index in [2.05, 4.69) is 18.5 Å². The van der Waals surface area contributed by atoms with Crippen LogP contribution in [-0.4, -0.2) is 17.1 Å². The van der Waals surface area contributed by atoms with Crippen LogP contribution in [0.2, 0.25) is 0 Å². The molecule has 0 saturated carbocycles. The van der Waals surface area contributed by atoms with Crippen LogP contribution in [0, 0.1) is 5.41 Å². The van der Waals surface area contributed by atoms with E-state index >= 15 is 0 Å². The molecule has 0 atom stereocenters. The Hall–Kier alpha value is -1.90. The van der Waals surface area contributed by atoms with Gasteiger partial charge in [0.05, 0.1) is 11.3 Å². The van der Waals surface area contributed by atoms with Gasteiger partial charge in [-0.2, -0.15) is 0 Å². The molecule has 0 amide bonds. The van der Waals surface area contributed by atoms with Crippen LogP contribution in [0.15, 0.2) is 52.4 Å². The standard InChI is InChI=1S/C18H25NO2/c1-6-14(7-2)9-8-13(3)19-12-15-16(20)10-18(4,5)11-17(15)21/h6,8-9,12,20H,3,7,10-11H2,1-2,4-5H3/b9-8-,14-6-,19-12?. The summed E-state index contributed by atoms with van der Waals surface area (Å²) in [5.41, 5.74) is 1.88. The molecule has 1 aliphatic carbocycles. The maximum atomic E-state index is 12.0. The van der Waals surface area contributed by atoms with Gasteiger partial charge in [0.15, 0.2) is 5.78 Å². The molecule has 0 aliphatic heterocycles. The summed E-state index contributed by atoms with van der Waals surface area (Å²) in [6.45, 7) is 11.8. The van der Waals surface area contributed by atoms with Gasteiger partial charge in [-0.1, -0.05) is 45.1 Å². The monoisotopic (exact) mass is 287 g/mol. The van der Waals surface area contributed by atoms with Gasteiger partial charge in [0.2, 0.25) is 0 Å². The summed E-state index contributed by atoms with van der Waals surface area (Å²) in [5, 5.41) is 9.99. The Kier molecular flexibility index (Phi) is 5.89. The fourth-order valence-electron chi connectivity index (χ4n) is 2.26. The molecule has 1 rings (SSSR count). The van der Waals surface area contributed by atoms with Gasteiger partial charge in [-0.25, -0.2) is 0 Å². The Labute approximate surface area is 127 Å². The van der Waals surface area contributed by atoms with Crippen LogP contribution in [0.1, 0.15) is 47.0 Å². The number of carbonyl (C=O) groups is 1. The highest BCUT2D eigenvalue weighted by molar-refractivity contribution is 6.14. The van der Waals surface area contributed by atoms with Gasteiger partial charge < -0.3 is 5.11 Å². The molecule has 3 heteroatoms. The summed E-state index contributed by atoms with van der Waals surface area (Å²) < 4.78 is 0. The van der Waals surface area contributed by atoms with E-state index in [4.69, 9.17) is 0 Å². The smallest absolute Gasteiger partial charge is 0.168 e. The first kappa shape index (κ1) is 17.2. The Bertz CT molecular complexity index is 546. The molecule has 0 aromatic heterocycles. The first-order valence-electron chi connectivity index (χ1n) is 7.30. The molecule has 0 aromatic carbocycles. The summed E-state index contributed by atoms with van der Waals surface area (Å²) >= 11 is 0. The fourth-order valence-corrected chi connectivity index (χ4v) is 2.26. The first-order chi connectivity index (χ1) is 9.79. The zero-order valence-electron chi connectivity index (χ0n) is 13.4. The van der Waals surface area contributed by atoms with Crippen molar-refractivity contribution >= 4 is 12.0 Å². The third kappa shape index (κ3) is 5.18. The third-order valence-corrected chi connectivity index (χ3v) is 3.52. The number of carbonyl (C=O) groups excluding carboxylic acids is 1. The lowest BCUT2D eigenvalue weighted by molar-refractivity contribution is -0.117. The summed E-state index contributed by atoms with van der Waals surface area (Å²) in [5.74, 6) is 0.0615. The molecule has 0 heterocycles. The highest BCUT2D eigenvalue weighted by atomic mass is 16.3. The Morgan fingerprint density at radius 2 is 2.05 bits per heavy atom. The second-order valence-corrected chi connectivity index (χ2v) is 6.10. The van der Waals surface area contributed by atoms with E-state index in [-0.39, 0.29) is 17.0 Å². The van der Waals surface area contributed by atoms with E-state index in [1.165, 1.54) is 11.8 Å². The number of allylic oxidation sites excluding steroid dienone is 6. The minimum atomic E-state index is -0.183. The number of hydrogen-bond acceptors (Lipinski definition) is 3. The number of aliphatic hydroxyl groups excluding tert-OH is 1. The van der Waals surface area contributed by atoms with E-state index < -0.39 is 0 Å². The van der Waals surface area contributed by atoms with Crippen molar-refractivity contribution in [2.45, 2.75) is 47.0 Å². The molecule has 0 saturated heterocycles. The average Bonchev–Trinajstić information content (AvgIpc) is 2.37. The van der Waals surface area contributed by atoms with E-state index in [0.29, 0.717) is 24.1 Å². The lowest BCUT2D eigenvalue weighted by Crippen LogP contribution is -2.26. The van der Waals surface area contributed by atoms with Crippen molar-refractivity contribution in [2.24, 2.45) is 10.4 Å². The van der Waals surface area contributed by atoms with Gasteiger partial charge in [-0.05, 0) is 24.8 Å². The minimum Gasteiger partial charge on any atom is -0.511 e. The van der Waals surface area contributed by atoms with Crippen LogP contribution in [0.25, 0.3) is 0 Å². The molecule has 1 N–H and O–H groups in total. The summed E-state index contributed by atoms with van der Waals surface area (Å²) in [7, 11) is 0. The van der Waals surface area contributed by atoms with Crippen LogP contribution in [0.5, 0.6) is 0 Å². The number of Topliss-reactive ketones (excluding diaryl/α,β-unsaturated/α-hetero) is 1. The summed E-state index contributed by atoms with van der Waals surface area (Å²) in [6, 6.07) is 0. The molecule has 114 valence electrons. The quantitative estimate of drug-likeness (QED) is 0.589. The lowest BCUT2D eigenvalue weighted by atomic mass is 9.77. The van der Waals surface area contributed by atoms with Crippen molar-refractivity contribution in [3.8, 4) is 0 Å². The van der Waals surface area contributed by atoms with Crippen molar-refractivity contribution in [3.63, 3.8) is 0 Å². The molecule has 3 nitrogen and oxygen atoms in total. The van der Waals surface area contributed by atoms with Crippen LogP contribution in [0.3, 0.4) is 0 Å². The predicted octanol–water partition coefficient (Wildman–Crippen LogP) is 4.68. The molecule has 0 bridgehead atoms. The van der Waals surface area contributed by atoms with Crippen molar-refractivity contribution < 1.29 is 9.90 Å². The second-order valence-electron chi connectivity index (χ2n) is 6.10. The highest BCUT2D eigenvalue weighted by Gasteiger charge is 2.32. The summed E-state index contributed by atoms with van der Waals surface area (Å²) in [6.07, 6.45) is 9.11. The van der Waals surface area contributed by atoms with E-state index in [1.54, 1.807) is 0 Å². The van der Waals surface area contributed by atoms with E-state index in [1.807, 2.05) is 39.0 Å². The summed E-state index contributed by atoms with van der Waals surface area (Å²) in [4.78, 5) is 16.2. The third-order valence-electron chi connectivity index (χ3n) is 3.52. The largest absolute Gasteiger partial charge is 0.511 e. The van der Waals surface area contributed by atoms with Crippen LogP contribution >= 0.6 is 0 Å². The van der Waals surface area contributed by atoms with Gasteiger partial charge in [0, 0.05) is 19.1 Å². The molecular formula is C18H25NO2. The SMILES string of the molecule is C=C(/C=C\C(=C/C)CC)N=CC1=C(O)CC(C)(C)CC1=O. The average molecular weight is 287 g/mol. The van der Waals surface area contributed by atoms with Gasteiger partial charge >= 0.3 is 0 Å². The van der Waals surface area contributed by atoms with Gasteiger partial charge in [-0.3, -0.25) is 9.79 Å². The number of nitrogens with zero attached hydrogens (tertiary/aromatic N) is 1. The first-order valence-corrected chi connectivity index (χ1v) is 7.30. The molecule has 0 spiro atoms. The fraction of sp³-hybridized carbons (Fsp3) is 0.444. The molecule has 0 radical (unpaired) electrons. The molecule has 1 aliphatic rings. The van der Waals surface area contributed by atoms with Crippen molar-refractivity contribution in [3.05, 3.63) is 47.4 Å². The van der Waals surface area contributed by atoms with Gasteiger partial charge in [0.25, 0.3) is 0 Å². The maximum absolute atomic E-state index is 12.0. The number of aliphatic hydroxyl groups is 1. The Morgan fingerprint density at radius 3 is 2.57 bits per heavy atom. The van der Waals surface area contributed by atoms with Crippen LogP contribution in [-0.2, 0) is 4.79 Å². The van der Waals surface area contributed by atoms with Crippen LogP contribution < -0.4 is 0 Å². The predicted molar refractivity (Wildman–Crippen MR) is 88.5 cm³/mol. The minimum absolute atomic E-state index is 0.0630. The number of aliphatic imine (C=N–C) groups is 1. The molecule has 0 fully saturated rings. The molecular weight excluding hydrogens is 262 g/mol. The number of rotatable bonds is 5. The van der Waals surface area contributed by atoms with Gasteiger partial charge in [-0.15, -0.1) is 0 Å². The van der Waals surface area contributed by atoms with E-state index in [9.17, 15) is 9.90 Å². The zero-order valence-corrected chi connectivity index (χ0v) is 13.4. The Morgan fingerprint density at radius 1 is 1.38 bits per heavy atom. The van der Waals surface area contributed by atoms with Gasteiger partial charge in [0.1, 0.15) is 5.76 Å². The molecule has 21 heavy (non-hydrogen) atoms. The number of hydrogen-bond donors (Lipinski definition) is 1. The lowest BCUT2D eigenvalue weighted by Gasteiger charge is -2.28. The number of ketones is 1. The maximum Gasteiger partial charge on any atom is 0.168 e. The molecule has 0 unspecified atom stereocenters. The normalized spacial score (nSPS) is 19.8.